The molecule has 1 heterocycles. The van der Waals surface area contributed by atoms with Crippen molar-refractivity contribution in [3.8, 4) is 0 Å². The van der Waals surface area contributed by atoms with Crippen LogP contribution in [0.2, 0.25) is 0 Å². The maximum Gasteiger partial charge on any atom is 0.217 e. The molecule has 1 rings (SSSR count). The molecule has 0 aliphatic heterocycles. The molecule has 0 spiro atoms. The van der Waals surface area contributed by atoms with Crippen LogP contribution in [0.25, 0.3) is 0 Å². The lowest BCUT2D eigenvalue weighted by atomic mass is 9.99. The van der Waals surface area contributed by atoms with Crippen molar-refractivity contribution in [2.75, 3.05) is 11.9 Å². The van der Waals surface area contributed by atoms with Gasteiger partial charge in [-0.2, -0.15) is 4.39 Å². The number of halogens is 1. The minimum absolute atomic E-state index is 0.487. The van der Waals surface area contributed by atoms with E-state index in [1.54, 1.807) is 0 Å². The second-order valence-corrected chi connectivity index (χ2v) is 4.02. The van der Waals surface area contributed by atoms with Crippen LogP contribution in [-0.2, 0) is 0 Å². The molecule has 1 atom stereocenters. The van der Waals surface area contributed by atoms with E-state index in [4.69, 9.17) is 0 Å². The van der Waals surface area contributed by atoms with Crippen LogP contribution in [0.15, 0.2) is 12.4 Å². The Morgan fingerprint density at radius 1 is 1.38 bits per heavy atom. The van der Waals surface area contributed by atoms with Gasteiger partial charge in [0.2, 0.25) is 5.95 Å². The van der Waals surface area contributed by atoms with Crippen LogP contribution < -0.4 is 5.32 Å². The van der Waals surface area contributed by atoms with Crippen molar-refractivity contribution < 1.29 is 4.39 Å². The fraction of sp³-hybridized carbons (Fsp3) is 0.667. The number of unbranched alkanes of at least 4 members (excludes halogenated alkanes) is 1. The minimum atomic E-state index is -0.487. The van der Waals surface area contributed by atoms with Crippen molar-refractivity contribution in [3.63, 3.8) is 0 Å². The number of aromatic nitrogens is 2. The molecule has 0 aromatic carbocycles. The van der Waals surface area contributed by atoms with Crippen molar-refractivity contribution in [1.82, 2.24) is 9.97 Å². The van der Waals surface area contributed by atoms with Crippen LogP contribution in [0.1, 0.15) is 39.5 Å². The maximum absolute atomic E-state index is 12.8. The molecule has 3 nitrogen and oxygen atoms in total. The van der Waals surface area contributed by atoms with Gasteiger partial charge in [-0.1, -0.05) is 33.1 Å². The first-order valence-corrected chi connectivity index (χ1v) is 5.97. The molecule has 0 radical (unpaired) electrons. The zero-order chi connectivity index (χ0) is 11.8. The molecule has 0 saturated carbocycles. The van der Waals surface area contributed by atoms with Gasteiger partial charge in [0.25, 0.3) is 0 Å². The zero-order valence-corrected chi connectivity index (χ0v) is 10.0. The Hall–Kier alpha value is -1.19. The maximum atomic E-state index is 12.8. The molecule has 0 amide bonds. The summed E-state index contributed by atoms with van der Waals surface area (Å²) in [5.41, 5.74) is 0. The van der Waals surface area contributed by atoms with Crippen LogP contribution in [0.5, 0.6) is 0 Å². The molecule has 0 saturated heterocycles. The summed E-state index contributed by atoms with van der Waals surface area (Å²) in [5, 5.41) is 3.15. The zero-order valence-electron chi connectivity index (χ0n) is 10.0. The number of hydrogen-bond acceptors (Lipinski definition) is 3. The summed E-state index contributed by atoms with van der Waals surface area (Å²) in [4.78, 5) is 7.38. The number of nitrogens with zero attached hydrogens (tertiary/aromatic N) is 2. The average molecular weight is 225 g/mol. The molecule has 0 aliphatic rings. The van der Waals surface area contributed by atoms with Crippen molar-refractivity contribution in [2.45, 2.75) is 39.5 Å². The van der Waals surface area contributed by atoms with E-state index in [1.165, 1.54) is 31.7 Å². The molecule has 1 unspecified atom stereocenters. The summed E-state index contributed by atoms with van der Waals surface area (Å²) in [6, 6.07) is 1.33. The molecule has 1 N–H and O–H groups in total. The second kappa shape index (κ2) is 7.14. The third-order valence-corrected chi connectivity index (χ3v) is 2.75. The lowest BCUT2D eigenvalue weighted by Crippen LogP contribution is -2.14. The highest BCUT2D eigenvalue weighted by Gasteiger charge is 2.06. The third-order valence-electron chi connectivity index (χ3n) is 2.75. The number of nitrogens with one attached hydrogen (secondary N) is 1. The SMILES string of the molecule is CCCCC(CC)CNc1cc(F)ncn1. The van der Waals surface area contributed by atoms with Crippen molar-refractivity contribution >= 4 is 5.82 Å². The van der Waals surface area contributed by atoms with Crippen molar-refractivity contribution in [2.24, 2.45) is 5.92 Å². The normalized spacial score (nSPS) is 12.4. The van der Waals surface area contributed by atoms with Gasteiger partial charge in [0.1, 0.15) is 12.1 Å². The van der Waals surface area contributed by atoms with Crippen molar-refractivity contribution in [3.05, 3.63) is 18.3 Å². The highest BCUT2D eigenvalue weighted by molar-refractivity contribution is 5.31. The minimum Gasteiger partial charge on any atom is -0.370 e. The highest BCUT2D eigenvalue weighted by atomic mass is 19.1. The summed E-state index contributed by atoms with van der Waals surface area (Å²) in [6.07, 6.45) is 6.07. The van der Waals surface area contributed by atoms with Crippen LogP contribution in [0.4, 0.5) is 10.2 Å². The average Bonchev–Trinajstić information content (AvgIpc) is 2.29. The first-order valence-electron chi connectivity index (χ1n) is 5.97. The Morgan fingerprint density at radius 2 is 2.19 bits per heavy atom. The largest absolute Gasteiger partial charge is 0.370 e. The van der Waals surface area contributed by atoms with Crippen LogP contribution in [-0.4, -0.2) is 16.5 Å². The first-order chi connectivity index (χ1) is 7.76. The van der Waals surface area contributed by atoms with E-state index >= 15 is 0 Å². The van der Waals surface area contributed by atoms with Gasteiger partial charge in [0.05, 0.1) is 0 Å². The Balaban J connectivity index is 2.37. The van der Waals surface area contributed by atoms with Gasteiger partial charge in [-0.3, -0.25) is 0 Å². The summed E-state index contributed by atoms with van der Waals surface area (Å²) in [6.45, 7) is 5.23. The quantitative estimate of drug-likeness (QED) is 0.724. The van der Waals surface area contributed by atoms with Gasteiger partial charge in [0, 0.05) is 12.6 Å². The van der Waals surface area contributed by atoms with Crippen molar-refractivity contribution in [1.29, 1.82) is 0 Å². The van der Waals surface area contributed by atoms with Crippen LogP contribution in [0, 0.1) is 11.9 Å². The lowest BCUT2D eigenvalue weighted by molar-refractivity contribution is 0.472. The Bertz CT molecular complexity index is 304. The van der Waals surface area contributed by atoms with Crippen LogP contribution >= 0.6 is 0 Å². The molecule has 4 heteroatoms. The number of hydrogen-bond donors (Lipinski definition) is 1. The summed E-state index contributed by atoms with van der Waals surface area (Å²) in [5.74, 6) is 0.722. The topological polar surface area (TPSA) is 37.8 Å². The van der Waals surface area contributed by atoms with E-state index in [0.29, 0.717) is 11.7 Å². The molecule has 0 fully saturated rings. The molecule has 1 aromatic rings. The molecule has 0 bridgehead atoms. The summed E-state index contributed by atoms with van der Waals surface area (Å²) in [7, 11) is 0. The Morgan fingerprint density at radius 3 is 2.81 bits per heavy atom. The number of rotatable bonds is 7. The predicted molar refractivity (Wildman–Crippen MR) is 63.8 cm³/mol. The lowest BCUT2D eigenvalue weighted by Gasteiger charge is -2.15. The van der Waals surface area contributed by atoms with Gasteiger partial charge in [-0.05, 0) is 12.3 Å². The number of anilines is 1. The summed E-state index contributed by atoms with van der Waals surface area (Å²) < 4.78 is 12.8. The molecule has 90 valence electrons. The van der Waals surface area contributed by atoms with Gasteiger partial charge in [-0.25, -0.2) is 9.97 Å². The van der Waals surface area contributed by atoms with Gasteiger partial charge in [0.15, 0.2) is 0 Å². The first kappa shape index (κ1) is 12.9. The Kier molecular flexibility index (Phi) is 5.75. The van der Waals surface area contributed by atoms with Gasteiger partial charge >= 0.3 is 0 Å². The van der Waals surface area contributed by atoms with Gasteiger partial charge < -0.3 is 5.32 Å². The highest BCUT2D eigenvalue weighted by Crippen LogP contribution is 2.13. The fourth-order valence-electron chi connectivity index (χ4n) is 1.62. The van der Waals surface area contributed by atoms with E-state index in [-0.39, 0.29) is 0 Å². The molecule has 0 aliphatic carbocycles. The standard InChI is InChI=1S/C12H20FN3/c1-3-5-6-10(4-2)8-14-12-7-11(13)15-9-16-12/h7,9-10H,3-6,8H2,1-2H3,(H,14,15,16). The molecular formula is C12H20FN3. The monoisotopic (exact) mass is 225 g/mol. The molecule has 1 aromatic heterocycles. The second-order valence-electron chi connectivity index (χ2n) is 4.02. The predicted octanol–water partition coefficient (Wildman–Crippen LogP) is 3.24. The van der Waals surface area contributed by atoms with E-state index in [1.807, 2.05) is 0 Å². The summed E-state index contributed by atoms with van der Waals surface area (Å²) >= 11 is 0. The fourth-order valence-corrected chi connectivity index (χ4v) is 1.62. The Labute approximate surface area is 96.5 Å². The van der Waals surface area contributed by atoms with E-state index in [2.05, 4.69) is 29.1 Å². The van der Waals surface area contributed by atoms with Gasteiger partial charge in [-0.15, -0.1) is 0 Å². The van der Waals surface area contributed by atoms with Crippen LogP contribution in [0.3, 0.4) is 0 Å². The smallest absolute Gasteiger partial charge is 0.217 e. The third kappa shape index (κ3) is 4.55. The molecule has 16 heavy (non-hydrogen) atoms. The van der Waals surface area contributed by atoms with E-state index in [9.17, 15) is 4.39 Å². The van der Waals surface area contributed by atoms with E-state index < -0.39 is 5.95 Å². The van der Waals surface area contributed by atoms with E-state index in [0.717, 1.165) is 13.0 Å². The molecular weight excluding hydrogens is 205 g/mol.